The van der Waals surface area contributed by atoms with Crippen molar-refractivity contribution in [2.45, 2.75) is 20.4 Å². The first-order valence-electron chi connectivity index (χ1n) is 6.82. The van der Waals surface area contributed by atoms with E-state index in [0.717, 1.165) is 21.5 Å². The number of anilines is 1. The second-order valence-electron chi connectivity index (χ2n) is 5.07. The Bertz CT molecular complexity index is 910. The van der Waals surface area contributed by atoms with Gasteiger partial charge in [-0.25, -0.2) is 9.67 Å². The number of carbonyl (C=O) groups is 1. The number of hydrogen-bond acceptors (Lipinski definition) is 4. The van der Waals surface area contributed by atoms with Crippen LogP contribution in [0.4, 0.5) is 5.69 Å². The van der Waals surface area contributed by atoms with E-state index in [-0.39, 0.29) is 18.0 Å². The molecule has 0 unspecified atom stereocenters. The molecule has 0 aliphatic carbocycles. The van der Waals surface area contributed by atoms with Gasteiger partial charge in [0.15, 0.2) is 0 Å². The minimum atomic E-state index is -0.309. The number of aryl methyl sites for hydroxylation is 2. The van der Waals surface area contributed by atoms with E-state index in [4.69, 9.17) is 0 Å². The van der Waals surface area contributed by atoms with Crippen LogP contribution in [0.5, 0.6) is 0 Å². The summed E-state index contributed by atoms with van der Waals surface area (Å²) < 4.78 is 1.14. The molecule has 0 bridgehead atoms. The molecular formula is C15H15N5O2. The van der Waals surface area contributed by atoms with Crippen molar-refractivity contribution in [2.75, 3.05) is 5.32 Å². The Labute approximate surface area is 126 Å². The SMILES string of the molecule is Cc1ccc(=O)n(CC(=O)Nc2ccc3nc(C)[nH]c3c2)n1. The quantitative estimate of drug-likeness (QED) is 0.763. The Morgan fingerprint density at radius 2 is 2.09 bits per heavy atom. The topological polar surface area (TPSA) is 92.7 Å². The van der Waals surface area contributed by atoms with Crippen LogP contribution in [0.2, 0.25) is 0 Å². The molecule has 0 atom stereocenters. The molecule has 22 heavy (non-hydrogen) atoms. The molecule has 0 saturated heterocycles. The molecule has 2 heterocycles. The van der Waals surface area contributed by atoms with Crippen LogP contribution in [0.25, 0.3) is 11.0 Å². The van der Waals surface area contributed by atoms with Crippen molar-refractivity contribution in [1.29, 1.82) is 0 Å². The monoisotopic (exact) mass is 297 g/mol. The van der Waals surface area contributed by atoms with Gasteiger partial charge in [0.2, 0.25) is 5.91 Å². The first kappa shape index (κ1) is 14.0. The number of hydrogen-bond donors (Lipinski definition) is 2. The minimum Gasteiger partial charge on any atom is -0.342 e. The number of amides is 1. The van der Waals surface area contributed by atoms with Gasteiger partial charge in [0.1, 0.15) is 12.4 Å². The lowest BCUT2D eigenvalue weighted by Crippen LogP contribution is -2.29. The van der Waals surface area contributed by atoms with Crippen molar-refractivity contribution < 1.29 is 4.79 Å². The summed E-state index contributed by atoms with van der Waals surface area (Å²) in [6.45, 7) is 3.51. The third kappa shape index (κ3) is 2.88. The van der Waals surface area contributed by atoms with Crippen LogP contribution < -0.4 is 10.9 Å². The van der Waals surface area contributed by atoms with Crippen molar-refractivity contribution in [3.8, 4) is 0 Å². The third-order valence-corrected chi connectivity index (χ3v) is 3.18. The highest BCUT2D eigenvalue weighted by molar-refractivity contribution is 5.92. The summed E-state index contributed by atoms with van der Waals surface area (Å²) in [5.41, 5.74) is 2.71. The largest absolute Gasteiger partial charge is 0.342 e. The van der Waals surface area contributed by atoms with Crippen LogP contribution in [0, 0.1) is 13.8 Å². The smallest absolute Gasteiger partial charge is 0.267 e. The lowest BCUT2D eigenvalue weighted by atomic mass is 10.2. The predicted molar refractivity (Wildman–Crippen MR) is 82.7 cm³/mol. The predicted octanol–water partition coefficient (Wildman–Crippen LogP) is 1.38. The first-order valence-corrected chi connectivity index (χ1v) is 6.82. The second-order valence-corrected chi connectivity index (χ2v) is 5.07. The van der Waals surface area contributed by atoms with Crippen molar-refractivity contribution in [2.24, 2.45) is 0 Å². The van der Waals surface area contributed by atoms with E-state index in [1.54, 1.807) is 25.1 Å². The van der Waals surface area contributed by atoms with Crippen LogP contribution in [-0.4, -0.2) is 25.7 Å². The molecule has 0 fully saturated rings. The Morgan fingerprint density at radius 3 is 2.91 bits per heavy atom. The van der Waals surface area contributed by atoms with Gasteiger partial charge in [-0.05, 0) is 38.1 Å². The fourth-order valence-corrected chi connectivity index (χ4v) is 2.22. The standard InChI is InChI=1S/C15H15N5O2/c1-9-3-6-15(22)20(19-9)8-14(21)18-11-4-5-12-13(7-11)17-10(2)16-12/h3-7H,8H2,1-2H3,(H,16,17)(H,18,21). The minimum absolute atomic E-state index is 0.124. The van der Waals surface area contributed by atoms with E-state index in [1.165, 1.54) is 6.07 Å². The lowest BCUT2D eigenvalue weighted by Gasteiger charge is -2.07. The van der Waals surface area contributed by atoms with E-state index >= 15 is 0 Å². The fraction of sp³-hybridized carbons (Fsp3) is 0.200. The molecule has 7 nitrogen and oxygen atoms in total. The Kier molecular flexibility index (Phi) is 3.46. The zero-order chi connectivity index (χ0) is 15.7. The van der Waals surface area contributed by atoms with Gasteiger partial charge in [-0.3, -0.25) is 9.59 Å². The summed E-state index contributed by atoms with van der Waals surface area (Å²) in [6.07, 6.45) is 0. The summed E-state index contributed by atoms with van der Waals surface area (Å²) >= 11 is 0. The highest BCUT2D eigenvalue weighted by Gasteiger charge is 2.08. The number of rotatable bonds is 3. The van der Waals surface area contributed by atoms with Gasteiger partial charge in [-0.1, -0.05) is 0 Å². The number of H-pyrrole nitrogens is 1. The second kappa shape index (κ2) is 5.44. The average molecular weight is 297 g/mol. The van der Waals surface area contributed by atoms with Gasteiger partial charge in [-0.15, -0.1) is 0 Å². The van der Waals surface area contributed by atoms with Crippen molar-refractivity contribution in [3.63, 3.8) is 0 Å². The van der Waals surface area contributed by atoms with E-state index in [2.05, 4.69) is 20.4 Å². The summed E-state index contributed by atoms with van der Waals surface area (Å²) in [5.74, 6) is 0.504. The Morgan fingerprint density at radius 1 is 1.27 bits per heavy atom. The fourth-order valence-electron chi connectivity index (χ4n) is 2.22. The molecule has 0 saturated carbocycles. The summed E-state index contributed by atoms with van der Waals surface area (Å²) in [5, 5.41) is 6.79. The molecule has 3 aromatic rings. The number of carbonyl (C=O) groups excluding carboxylic acids is 1. The highest BCUT2D eigenvalue weighted by atomic mass is 16.2. The molecule has 0 spiro atoms. The molecule has 112 valence electrons. The maximum Gasteiger partial charge on any atom is 0.267 e. The molecule has 2 aromatic heterocycles. The molecule has 1 amide bonds. The number of fused-ring (bicyclic) bond motifs is 1. The van der Waals surface area contributed by atoms with Crippen molar-refractivity contribution >= 4 is 22.6 Å². The lowest BCUT2D eigenvalue weighted by molar-refractivity contribution is -0.117. The van der Waals surface area contributed by atoms with E-state index in [9.17, 15) is 9.59 Å². The molecule has 3 rings (SSSR count). The summed E-state index contributed by atoms with van der Waals surface area (Å²) in [4.78, 5) is 31.1. The summed E-state index contributed by atoms with van der Waals surface area (Å²) in [6, 6.07) is 8.42. The third-order valence-electron chi connectivity index (χ3n) is 3.18. The summed E-state index contributed by atoms with van der Waals surface area (Å²) in [7, 11) is 0. The number of aromatic amines is 1. The zero-order valence-corrected chi connectivity index (χ0v) is 12.3. The normalized spacial score (nSPS) is 10.8. The van der Waals surface area contributed by atoms with Crippen LogP contribution in [0.3, 0.4) is 0 Å². The zero-order valence-electron chi connectivity index (χ0n) is 12.3. The van der Waals surface area contributed by atoms with E-state index < -0.39 is 0 Å². The molecule has 2 N–H and O–H groups in total. The molecule has 0 aliphatic heterocycles. The van der Waals surface area contributed by atoms with E-state index in [1.807, 2.05) is 13.0 Å². The molecule has 0 aliphatic rings. The molecule has 7 heteroatoms. The number of imidazole rings is 1. The van der Waals surface area contributed by atoms with Gasteiger partial charge in [0, 0.05) is 11.8 Å². The maximum atomic E-state index is 12.1. The number of nitrogens with zero attached hydrogens (tertiary/aromatic N) is 3. The van der Waals surface area contributed by atoms with Gasteiger partial charge < -0.3 is 10.3 Å². The Hall–Kier alpha value is -2.96. The van der Waals surface area contributed by atoms with E-state index in [0.29, 0.717) is 11.4 Å². The molecule has 1 aromatic carbocycles. The Balaban J connectivity index is 1.77. The van der Waals surface area contributed by atoms with Gasteiger partial charge in [0.25, 0.3) is 5.56 Å². The number of benzene rings is 1. The van der Waals surface area contributed by atoms with Crippen LogP contribution in [0.1, 0.15) is 11.5 Å². The van der Waals surface area contributed by atoms with Crippen LogP contribution in [0.15, 0.2) is 35.1 Å². The average Bonchev–Trinajstić information content (AvgIpc) is 2.82. The van der Waals surface area contributed by atoms with Crippen LogP contribution in [-0.2, 0) is 11.3 Å². The first-order chi connectivity index (χ1) is 10.5. The van der Waals surface area contributed by atoms with Gasteiger partial charge in [-0.2, -0.15) is 5.10 Å². The van der Waals surface area contributed by atoms with Gasteiger partial charge in [0.05, 0.1) is 16.7 Å². The molecular weight excluding hydrogens is 282 g/mol. The number of nitrogens with one attached hydrogen (secondary N) is 2. The van der Waals surface area contributed by atoms with Crippen molar-refractivity contribution in [1.82, 2.24) is 19.7 Å². The van der Waals surface area contributed by atoms with Crippen molar-refractivity contribution in [3.05, 3.63) is 52.2 Å². The molecule has 0 radical (unpaired) electrons. The number of aromatic nitrogens is 4. The van der Waals surface area contributed by atoms with Gasteiger partial charge >= 0.3 is 0 Å². The van der Waals surface area contributed by atoms with Crippen LogP contribution >= 0.6 is 0 Å². The highest BCUT2D eigenvalue weighted by Crippen LogP contribution is 2.16. The maximum absolute atomic E-state index is 12.1.